The molecule has 1 aliphatic rings. The van der Waals surface area contributed by atoms with E-state index in [1.54, 1.807) is 6.92 Å². The van der Waals surface area contributed by atoms with Gasteiger partial charge in [-0.2, -0.15) is 0 Å². The molecule has 0 amide bonds. The molecule has 0 aromatic heterocycles. The van der Waals surface area contributed by atoms with Crippen molar-refractivity contribution in [3.8, 4) is 0 Å². The summed E-state index contributed by atoms with van der Waals surface area (Å²) in [6.07, 6.45) is 0.538. The van der Waals surface area contributed by atoms with E-state index in [2.05, 4.69) is 4.74 Å². The van der Waals surface area contributed by atoms with Crippen LogP contribution in [0.1, 0.15) is 13.3 Å². The van der Waals surface area contributed by atoms with E-state index in [9.17, 15) is 9.59 Å². The van der Waals surface area contributed by atoms with Crippen molar-refractivity contribution in [1.29, 1.82) is 0 Å². The van der Waals surface area contributed by atoms with Crippen LogP contribution in [0.15, 0.2) is 0 Å². The van der Waals surface area contributed by atoms with Crippen molar-refractivity contribution in [2.24, 2.45) is 5.92 Å². The largest absolute Gasteiger partial charge is 0.468 e. The van der Waals surface area contributed by atoms with Crippen molar-refractivity contribution in [3.05, 3.63) is 0 Å². The van der Waals surface area contributed by atoms with Gasteiger partial charge in [-0.05, 0) is 13.3 Å². The second-order valence-corrected chi connectivity index (χ2v) is 4.27. The molecular formula is C9H14O4S. The van der Waals surface area contributed by atoms with Crippen molar-refractivity contribution in [1.82, 2.24) is 0 Å². The van der Waals surface area contributed by atoms with Crippen LogP contribution in [0.3, 0.4) is 0 Å². The molecule has 0 aliphatic carbocycles. The van der Waals surface area contributed by atoms with Gasteiger partial charge in [-0.3, -0.25) is 9.59 Å². The predicted molar refractivity (Wildman–Crippen MR) is 53.0 cm³/mol. The van der Waals surface area contributed by atoms with E-state index in [4.69, 9.17) is 4.74 Å². The SMILES string of the molecule is CCOC(=O)[C@H]1CS[C@H](C(=O)OC)C1. The zero-order valence-electron chi connectivity index (χ0n) is 8.32. The van der Waals surface area contributed by atoms with E-state index in [1.807, 2.05) is 0 Å². The number of rotatable bonds is 3. The molecule has 0 unspecified atom stereocenters. The van der Waals surface area contributed by atoms with Crippen LogP contribution in [0.2, 0.25) is 0 Å². The Bertz CT molecular complexity index is 229. The van der Waals surface area contributed by atoms with E-state index in [0.717, 1.165) is 0 Å². The maximum absolute atomic E-state index is 11.3. The zero-order valence-corrected chi connectivity index (χ0v) is 9.13. The van der Waals surface area contributed by atoms with Gasteiger partial charge in [0.2, 0.25) is 0 Å². The Hall–Kier alpha value is -0.710. The maximum atomic E-state index is 11.3. The van der Waals surface area contributed by atoms with Gasteiger partial charge in [0.15, 0.2) is 0 Å². The summed E-state index contributed by atoms with van der Waals surface area (Å²) in [7, 11) is 1.36. The van der Waals surface area contributed by atoms with E-state index >= 15 is 0 Å². The number of carbonyl (C=O) groups is 2. The molecule has 0 aromatic rings. The number of hydrogen-bond donors (Lipinski definition) is 0. The number of ether oxygens (including phenoxy) is 2. The fourth-order valence-corrected chi connectivity index (χ4v) is 2.68. The first kappa shape index (κ1) is 11.4. The molecule has 0 radical (unpaired) electrons. The highest BCUT2D eigenvalue weighted by Gasteiger charge is 2.35. The Labute approximate surface area is 87.3 Å². The van der Waals surface area contributed by atoms with E-state index in [-0.39, 0.29) is 23.1 Å². The van der Waals surface area contributed by atoms with Crippen LogP contribution in [0, 0.1) is 5.92 Å². The summed E-state index contributed by atoms with van der Waals surface area (Å²) in [6.45, 7) is 2.17. The van der Waals surface area contributed by atoms with Crippen LogP contribution >= 0.6 is 11.8 Å². The molecule has 1 aliphatic heterocycles. The highest BCUT2D eigenvalue weighted by Crippen LogP contribution is 2.32. The van der Waals surface area contributed by atoms with Crippen LogP contribution < -0.4 is 0 Å². The summed E-state index contributed by atoms with van der Waals surface area (Å²) in [5, 5.41) is -0.200. The first-order chi connectivity index (χ1) is 6.69. The Balaban J connectivity index is 2.41. The molecule has 80 valence electrons. The molecule has 0 saturated carbocycles. The lowest BCUT2D eigenvalue weighted by atomic mass is 10.1. The molecule has 1 fully saturated rings. The minimum Gasteiger partial charge on any atom is -0.468 e. The van der Waals surface area contributed by atoms with Crippen molar-refractivity contribution < 1.29 is 19.1 Å². The standard InChI is InChI=1S/C9H14O4S/c1-3-13-8(10)6-4-7(14-5-6)9(11)12-2/h6-7H,3-5H2,1-2H3/t6-,7+/m1/s1. The fraction of sp³-hybridized carbons (Fsp3) is 0.778. The molecule has 5 heteroatoms. The molecule has 0 spiro atoms. The van der Waals surface area contributed by atoms with Gasteiger partial charge in [-0.1, -0.05) is 0 Å². The minimum atomic E-state index is -0.248. The molecule has 1 saturated heterocycles. The number of esters is 2. The molecule has 0 aromatic carbocycles. The molecule has 1 rings (SSSR count). The second kappa shape index (κ2) is 5.24. The summed E-state index contributed by atoms with van der Waals surface area (Å²) in [5.41, 5.74) is 0. The Morgan fingerprint density at radius 3 is 2.71 bits per heavy atom. The normalized spacial score (nSPS) is 25.9. The van der Waals surface area contributed by atoms with Gasteiger partial charge in [-0.15, -0.1) is 11.8 Å². The third kappa shape index (κ3) is 2.64. The van der Waals surface area contributed by atoms with Gasteiger partial charge < -0.3 is 9.47 Å². The summed E-state index contributed by atoms with van der Waals surface area (Å²) < 4.78 is 9.49. The van der Waals surface area contributed by atoms with Gasteiger partial charge in [-0.25, -0.2) is 0 Å². The van der Waals surface area contributed by atoms with E-state index in [1.165, 1.54) is 18.9 Å². The number of thioether (sulfide) groups is 1. The van der Waals surface area contributed by atoms with Gasteiger partial charge >= 0.3 is 11.9 Å². The van der Waals surface area contributed by atoms with Gasteiger partial charge in [0.1, 0.15) is 5.25 Å². The minimum absolute atomic E-state index is 0.149. The van der Waals surface area contributed by atoms with Crippen LogP contribution in [0.25, 0.3) is 0 Å². The summed E-state index contributed by atoms with van der Waals surface area (Å²) in [6, 6.07) is 0. The van der Waals surface area contributed by atoms with Crippen molar-refractivity contribution in [3.63, 3.8) is 0 Å². The average Bonchev–Trinajstić information content (AvgIpc) is 2.66. The van der Waals surface area contributed by atoms with Gasteiger partial charge in [0.25, 0.3) is 0 Å². The topological polar surface area (TPSA) is 52.6 Å². The van der Waals surface area contributed by atoms with Crippen LogP contribution in [0.4, 0.5) is 0 Å². The summed E-state index contributed by atoms with van der Waals surface area (Å²) in [4.78, 5) is 22.5. The summed E-state index contributed by atoms with van der Waals surface area (Å²) >= 11 is 1.46. The van der Waals surface area contributed by atoms with Crippen molar-refractivity contribution >= 4 is 23.7 Å². The predicted octanol–water partition coefficient (Wildman–Crippen LogP) is 0.844. The molecule has 14 heavy (non-hydrogen) atoms. The smallest absolute Gasteiger partial charge is 0.318 e. The van der Waals surface area contributed by atoms with E-state index in [0.29, 0.717) is 18.8 Å². The van der Waals surface area contributed by atoms with Crippen LogP contribution in [-0.4, -0.2) is 36.7 Å². The first-order valence-electron chi connectivity index (χ1n) is 4.55. The highest BCUT2D eigenvalue weighted by atomic mass is 32.2. The molecule has 0 bridgehead atoms. The molecule has 0 N–H and O–H groups in total. The maximum Gasteiger partial charge on any atom is 0.318 e. The number of hydrogen-bond acceptors (Lipinski definition) is 5. The molecule has 4 nitrogen and oxygen atoms in total. The molecule has 1 heterocycles. The van der Waals surface area contributed by atoms with E-state index < -0.39 is 0 Å². The van der Waals surface area contributed by atoms with Crippen LogP contribution in [-0.2, 0) is 19.1 Å². The lowest BCUT2D eigenvalue weighted by Crippen LogP contribution is -2.21. The number of carbonyl (C=O) groups excluding carboxylic acids is 2. The lowest BCUT2D eigenvalue weighted by molar-refractivity contribution is -0.147. The third-order valence-corrected chi connectivity index (χ3v) is 3.46. The van der Waals surface area contributed by atoms with Crippen LogP contribution in [0.5, 0.6) is 0 Å². The Kier molecular flexibility index (Phi) is 4.25. The molecule has 2 atom stereocenters. The van der Waals surface area contributed by atoms with Crippen molar-refractivity contribution in [2.45, 2.75) is 18.6 Å². The lowest BCUT2D eigenvalue weighted by Gasteiger charge is -2.07. The first-order valence-corrected chi connectivity index (χ1v) is 5.60. The Morgan fingerprint density at radius 1 is 1.43 bits per heavy atom. The quantitative estimate of drug-likeness (QED) is 0.657. The Morgan fingerprint density at radius 2 is 2.14 bits per heavy atom. The third-order valence-electron chi connectivity index (χ3n) is 2.08. The number of methoxy groups -OCH3 is 1. The second-order valence-electron chi connectivity index (χ2n) is 3.03. The monoisotopic (exact) mass is 218 g/mol. The average molecular weight is 218 g/mol. The van der Waals surface area contributed by atoms with Gasteiger partial charge in [0.05, 0.1) is 19.6 Å². The molecular weight excluding hydrogens is 204 g/mol. The fourth-order valence-electron chi connectivity index (χ4n) is 1.35. The zero-order chi connectivity index (χ0) is 10.6. The summed E-state index contributed by atoms with van der Waals surface area (Å²) in [5.74, 6) is 0.0516. The van der Waals surface area contributed by atoms with Crippen molar-refractivity contribution in [2.75, 3.05) is 19.5 Å². The van der Waals surface area contributed by atoms with Gasteiger partial charge in [0, 0.05) is 5.75 Å². The highest BCUT2D eigenvalue weighted by molar-refractivity contribution is 8.00.